The van der Waals surface area contributed by atoms with Gasteiger partial charge in [-0.1, -0.05) is 42.5 Å². The van der Waals surface area contributed by atoms with Gasteiger partial charge in [0.2, 0.25) is 17.7 Å². The van der Waals surface area contributed by atoms with Gasteiger partial charge in [-0.25, -0.2) is 10.0 Å². The lowest BCUT2D eigenvalue weighted by Gasteiger charge is -2.55. The van der Waals surface area contributed by atoms with Crippen molar-refractivity contribution in [1.82, 2.24) is 35.0 Å². The molecule has 0 radical (unpaired) electrons. The van der Waals surface area contributed by atoms with Crippen molar-refractivity contribution in [2.45, 2.75) is 38.0 Å². The van der Waals surface area contributed by atoms with E-state index >= 15 is 0 Å². The van der Waals surface area contributed by atoms with Crippen molar-refractivity contribution in [2.75, 3.05) is 19.6 Å². The van der Waals surface area contributed by atoms with Crippen molar-refractivity contribution in [1.29, 1.82) is 0 Å². The molecule has 4 heterocycles. The molecule has 11 nitrogen and oxygen atoms in total. The van der Waals surface area contributed by atoms with Crippen LogP contribution in [0.1, 0.15) is 23.2 Å². The zero-order chi connectivity index (χ0) is 29.9. The van der Waals surface area contributed by atoms with Gasteiger partial charge in [0.05, 0.1) is 24.8 Å². The number of amides is 3. The number of aromatic nitrogens is 3. The van der Waals surface area contributed by atoms with E-state index in [1.807, 2.05) is 36.4 Å². The van der Waals surface area contributed by atoms with Gasteiger partial charge in [0.15, 0.2) is 0 Å². The smallest absolute Gasteiger partial charge is 0.246 e. The van der Waals surface area contributed by atoms with Crippen LogP contribution in [0.15, 0.2) is 85.7 Å². The molecule has 6 rings (SSSR count). The van der Waals surface area contributed by atoms with Gasteiger partial charge in [-0.15, -0.1) is 6.58 Å². The van der Waals surface area contributed by atoms with Crippen molar-refractivity contribution in [3.05, 3.63) is 103 Å². The van der Waals surface area contributed by atoms with E-state index in [1.165, 1.54) is 0 Å². The molecule has 2 aromatic carbocycles. The third-order valence-corrected chi connectivity index (χ3v) is 8.04. The Labute approximate surface area is 249 Å². The van der Waals surface area contributed by atoms with Crippen LogP contribution in [0.25, 0.3) is 10.9 Å². The van der Waals surface area contributed by atoms with Crippen LogP contribution in [-0.2, 0) is 33.8 Å². The number of phenols is 1. The van der Waals surface area contributed by atoms with Gasteiger partial charge in [-0.2, -0.15) is 5.10 Å². The SMILES string of the molecule is C=CCN1CC(=O)N2[C@@H](Cc3ccc(O)cc3)C(=O)N(Cc3cccc4cn[nH]c34)C[C@@H]2N1C(=O)CCc1ccccn1. The molecule has 2 saturated heterocycles. The summed E-state index contributed by atoms with van der Waals surface area (Å²) in [4.78, 5) is 49.5. The van der Waals surface area contributed by atoms with Crippen LogP contribution < -0.4 is 0 Å². The van der Waals surface area contributed by atoms with E-state index in [0.717, 1.165) is 27.7 Å². The molecule has 2 aliphatic heterocycles. The summed E-state index contributed by atoms with van der Waals surface area (Å²) in [5.74, 6) is -0.478. The number of fused-ring (bicyclic) bond motifs is 2. The van der Waals surface area contributed by atoms with Crippen molar-refractivity contribution >= 4 is 28.6 Å². The second-order valence-corrected chi connectivity index (χ2v) is 10.8. The van der Waals surface area contributed by atoms with Crippen molar-refractivity contribution in [3.63, 3.8) is 0 Å². The van der Waals surface area contributed by atoms with E-state index in [2.05, 4.69) is 21.8 Å². The summed E-state index contributed by atoms with van der Waals surface area (Å²) in [7, 11) is 0. The molecular formula is C32H33N7O4. The van der Waals surface area contributed by atoms with Gasteiger partial charge in [0.1, 0.15) is 18.0 Å². The van der Waals surface area contributed by atoms with Gasteiger partial charge >= 0.3 is 0 Å². The summed E-state index contributed by atoms with van der Waals surface area (Å²) in [6, 6.07) is 17.2. The first-order valence-corrected chi connectivity index (χ1v) is 14.3. The number of H-pyrrole nitrogens is 1. The summed E-state index contributed by atoms with van der Waals surface area (Å²) >= 11 is 0. The monoisotopic (exact) mass is 579 g/mol. The first kappa shape index (κ1) is 28.1. The maximum absolute atomic E-state index is 14.2. The number of piperazine rings is 1. The summed E-state index contributed by atoms with van der Waals surface area (Å²) in [5.41, 5.74) is 3.32. The van der Waals surface area contributed by atoms with E-state index in [0.29, 0.717) is 13.0 Å². The Morgan fingerprint density at radius 2 is 1.93 bits per heavy atom. The van der Waals surface area contributed by atoms with Gasteiger partial charge in [0, 0.05) is 43.2 Å². The number of carbonyl (C=O) groups excluding carboxylic acids is 3. The van der Waals surface area contributed by atoms with E-state index in [9.17, 15) is 19.5 Å². The van der Waals surface area contributed by atoms with E-state index in [-0.39, 0.29) is 55.9 Å². The lowest BCUT2D eigenvalue weighted by atomic mass is 9.98. The lowest BCUT2D eigenvalue weighted by molar-refractivity contribution is -0.205. The third kappa shape index (κ3) is 5.71. The fourth-order valence-electron chi connectivity index (χ4n) is 6.02. The molecule has 3 amide bonds. The Morgan fingerprint density at radius 1 is 1.09 bits per heavy atom. The number of nitrogens with one attached hydrogen (secondary N) is 1. The average molecular weight is 580 g/mol. The van der Waals surface area contributed by atoms with E-state index in [1.54, 1.807) is 62.6 Å². The van der Waals surface area contributed by atoms with Crippen LogP contribution in [0, 0.1) is 0 Å². The molecule has 2 aromatic heterocycles. The van der Waals surface area contributed by atoms with Crippen LogP contribution in [0.2, 0.25) is 0 Å². The predicted octanol–water partition coefficient (Wildman–Crippen LogP) is 2.65. The number of aryl methyl sites for hydroxylation is 1. The number of para-hydroxylation sites is 1. The number of hydrazine groups is 1. The number of phenolic OH excluding ortho intramolecular Hbond substituents is 1. The molecule has 220 valence electrons. The maximum Gasteiger partial charge on any atom is 0.246 e. The quantitative estimate of drug-likeness (QED) is 0.292. The Balaban J connectivity index is 1.36. The van der Waals surface area contributed by atoms with Crippen molar-refractivity contribution in [2.24, 2.45) is 0 Å². The van der Waals surface area contributed by atoms with Gasteiger partial charge in [-0.3, -0.25) is 24.5 Å². The number of aromatic amines is 1. The molecule has 0 aliphatic carbocycles. The van der Waals surface area contributed by atoms with Gasteiger partial charge in [-0.05, 0) is 41.8 Å². The molecular weight excluding hydrogens is 546 g/mol. The summed E-state index contributed by atoms with van der Waals surface area (Å²) in [6.45, 7) is 4.52. The zero-order valence-electron chi connectivity index (χ0n) is 23.7. The minimum absolute atomic E-state index is 0.0509. The molecule has 4 aromatic rings. The summed E-state index contributed by atoms with van der Waals surface area (Å²) in [6.07, 6.45) is 5.26. The first-order valence-electron chi connectivity index (χ1n) is 14.3. The number of pyridine rings is 1. The van der Waals surface area contributed by atoms with Gasteiger partial charge in [0.25, 0.3) is 0 Å². The number of aromatic hydroxyl groups is 1. The van der Waals surface area contributed by atoms with Crippen LogP contribution in [0.4, 0.5) is 0 Å². The number of carbonyl (C=O) groups is 3. The number of rotatable bonds is 9. The topological polar surface area (TPSA) is 126 Å². The highest BCUT2D eigenvalue weighted by atomic mass is 16.3. The molecule has 2 N–H and O–H groups in total. The molecule has 11 heteroatoms. The number of benzene rings is 2. The summed E-state index contributed by atoms with van der Waals surface area (Å²) in [5, 5.41) is 21.3. The lowest BCUT2D eigenvalue weighted by Crippen LogP contribution is -2.75. The Morgan fingerprint density at radius 3 is 2.70 bits per heavy atom. The average Bonchev–Trinajstić information content (AvgIpc) is 3.50. The molecule has 0 saturated carbocycles. The Kier molecular flexibility index (Phi) is 7.89. The standard InChI is InChI=1S/C32H33N7O4/c1-2-16-37-21-30(42)38-27(17-22-9-12-26(40)13-10-22)32(43)36(19-24-7-5-6-23-18-34-35-31(23)24)20-28(38)39(37)29(41)14-11-25-8-3-4-15-33-25/h2-10,12-13,15,18,27-28,40H,1,11,14,16-17,19-21H2,(H,34,35)/t27-,28-/m0/s1. The molecule has 43 heavy (non-hydrogen) atoms. The Bertz CT molecular complexity index is 1640. The fraction of sp³-hybridized carbons (Fsp3) is 0.281. The maximum atomic E-state index is 14.2. The molecule has 2 fully saturated rings. The first-order chi connectivity index (χ1) is 20.9. The molecule has 0 spiro atoms. The van der Waals surface area contributed by atoms with E-state index < -0.39 is 12.2 Å². The zero-order valence-corrected chi connectivity index (χ0v) is 23.7. The highest BCUT2D eigenvalue weighted by molar-refractivity contribution is 5.92. The van der Waals surface area contributed by atoms with Gasteiger partial charge < -0.3 is 14.9 Å². The second-order valence-electron chi connectivity index (χ2n) is 10.8. The molecule has 2 atom stereocenters. The van der Waals surface area contributed by atoms with Crippen molar-refractivity contribution < 1.29 is 19.5 Å². The van der Waals surface area contributed by atoms with Crippen LogP contribution in [0.5, 0.6) is 5.75 Å². The predicted molar refractivity (Wildman–Crippen MR) is 159 cm³/mol. The molecule has 2 aliphatic rings. The number of hydrogen-bond acceptors (Lipinski definition) is 7. The van der Waals surface area contributed by atoms with Crippen molar-refractivity contribution in [3.8, 4) is 5.75 Å². The minimum Gasteiger partial charge on any atom is -0.508 e. The summed E-state index contributed by atoms with van der Waals surface area (Å²) < 4.78 is 0. The third-order valence-electron chi connectivity index (χ3n) is 8.04. The van der Waals surface area contributed by atoms with Crippen LogP contribution in [0.3, 0.4) is 0 Å². The Hall–Kier alpha value is -5.03. The largest absolute Gasteiger partial charge is 0.508 e. The minimum atomic E-state index is -0.839. The van der Waals surface area contributed by atoms with E-state index in [4.69, 9.17) is 0 Å². The number of nitrogens with zero attached hydrogens (tertiary/aromatic N) is 6. The number of hydrogen-bond donors (Lipinski definition) is 2. The van der Waals surface area contributed by atoms with Crippen LogP contribution in [-0.4, -0.2) is 89.7 Å². The fourth-order valence-corrected chi connectivity index (χ4v) is 6.02. The highest BCUT2D eigenvalue weighted by Gasteiger charge is 2.51. The highest BCUT2D eigenvalue weighted by Crippen LogP contribution is 2.31. The molecule has 0 unspecified atom stereocenters. The second kappa shape index (κ2) is 12.1. The van der Waals surface area contributed by atoms with Crippen LogP contribution >= 0.6 is 0 Å². The normalized spacial score (nSPS) is 19.1. The molecule has 0 bridgehead atoms.